The molecule has 0 saturated carbocycles. The number of halogens is 1. The van der Waals surface area contributed by atoms with Crippen LogP contribution in [0.1, 0.15) is 12.5 Å². The first-order valence-corrected chi connectivity index (χ1v) is 7.02. The van der Waals surface area contributed by atoms with Crippen LogP contribution < -0.4 is 11.1 Å². The Morgan fingerprint density at radius 2 is 2.00 bits per heavy atom. The van der Waals surface area contributed by atoms with E-state index >= 15 is 0 Å². The normalized spacial score (nSPS) is 13.3. The van der Waals surface area contributed by atoms with Crippen molar-refractivity contribution >= 4 is 30.1 Å². The van der Waals surface area contributed by atoms with E-state index in [0.717, 1.165) is 5.56 Å². The Bertz CT molecular complexity index is 348. The molecular weight excluding hydrogens is 268 g/mol. The molecule has 0 saturated heterocycles. The van der Waals surface area contributed by atoms with E-state index in [2.05, 4.69) is 12.2 Å². The van der Waals surface area contributed by atoms with E-state index in [9.17, 15) is 4.79 Å². The summed E-state index contributed by atoms with van der Waals surface area (Å²) in [6.07, 6.45) is 2.61. The van der Waals surface area contributed by atoms with Crippen LogP contribution in [0.4, 0.5) is 0 Å². The van der Waals surface area contributed by atoms with Gasteiger partial charge in [-0.2, -0.15) is 11.8 Å². The summed E-state index contributed by atoms with van der Waals surface area (Å²) in [4.78, 5) is 11.7. The van der Waals surface area contributed by atoms with Gasteiger partial charge in [0.15, 0.2) is 0 Å². The Balaban J connectivity index is 0.00000289. The molecule has 0 bridgehead atoms. The second-order valence-corrected chi connectivity index (χ2v) is 5.36. The summed E-state index contributed by atoms with van der Waals surface area (Å²) >= 11 is 1.73. The number of nitrogens with two attached hydrogens (primary N) is 1. The summed E-state index contributed by atoms with van der Waals surface area (Å²) in [7, 11) is 0. The SMILES string of the molecule is CSC(C)CNC(=O)[C@@H](N)Cc1ccccc1.Cl. The smallest absolute Gasteiger partial charge is 0.237 e. The number of rotatable bonds is 6. The minimum atomic E-state index is -0.466. The van der Waals surface area contributed by atoms with E-state index in [0.29, 0.717) is 18.2 Å². The number of nitrogens with one attached hydrogen (secondary N) is 1. The highest BCUT2D eigenvalue weighted by Crippen LogP contribution is 2.04. The molecule has 0 fully saturated rings. The summed E-state index contributed by atoms with van der Waals surface area (Å²) in [6.45, 7) is 2.75. The van der Waals surface area contributed by atoms with Crippen molar-refractivity contribution < 1.29 is 4.79 Å². The number of benzene rings is 1. The first kappa shape index (κ1) is 17.3. The van der Waals surface area contributed by atoms with Gasteiger partial charge in [-0.25, -0.2) is 0 Å². The Labute approximate surface area is 119 Å². The molecule has 0 aliphatic carbocycles. The largest absolute Gasteiger partial charge is 0.354 e. The van der Waals surface area contributed by atoms with Gasteiger partial charge in [-0.3, -0.25) is 4.79 Å². The van der Waals surface area contributed by atoms with Crippen LogP contribution in [0.3, 0.4) is 0 Å². The molecular formula is C13H21ClN2OS. The summed E-state index contributed by atoms with van der Waals surface area (Å²) in [5.74, 6) is -0.0743. The predicted octanol–water partition coefficient (Wildman–Crippen LogP) is 1.85. The Hall–Kier alpha value is -0.710. The van der Waals surface area contributed by atoms with Gasteiger partial charge in [0.05, 0.1) is 6.04 Å². The Kier molecular flexibility index (Phi) is 8.89. The van der Waals surface area contributed by atoms with Crippen LogP contribution in [-0.4, -0.2) is 30.0 Å². The van der Waals surface area contributed by atoms with E-state index in [-0.39, 0.29) is 18.3 Å². The fraction of sp³-hybridized carbons (Fsp3) is 0.462. The molecule has 0 radical (unpaired) electrons. The van der Waals surface area contributed by atoms with Crippen LogP contribution in [0.25, 0.3) is 0 Å². The van der Waals surface area contributed by atoms with Crippen LogP contribution >= 0.6 is 24.2 Å². The van der Waals surface area contributed by atoms with E-state index in [4.69, 9.17) is 5.73 Å². The molecule has 1 aromatic carbocycles. The number of hydrogen-bond acceptors (Lipinski definition) is 3. The van der Waals surface area contributed by atoms with Gasteiger partial charge in [0.1, 0.15) is 0 Å². The first-order chi connectivity index (χ1) is 8.13. The Morgan fingerprint density at radius 1 is 1.39 bits per heavy atom. The lowest BCUT2D eigenvalue weighted by Gasteiger charge is -2.14. The molecule has 3 nitrogen and oxygen atoms in total. The average molecular weight is 289 g/mol. The van der Waals surface area contributed by atoms with Gasteiger partial charge >= 0.3 is 0 Å². The zero-order valence-corrected chi connectivity index (χ0v) is 12.4. The van der Waals surface area contributed by atoms with Gasteiger partial charge in [-0.15, -0.1) is 12.4 Å². The lowest BCUT2D eigenvalue weighted by molar-refractivity contribution is -0.122. The lowest BCUT2D eigenvalue weighted by atomic mass is 10.1. The summed E-state index contributed by atoms with van der Waals surface area (Å²) in [5.41, 5.74) is 6.95. The van der Waals surface area contributed by atoms with Gasteiger partial charge in [0.2, 0.25) is 5.91 Å². The first-order valence-electron chi connectivity index (χ1n) is 5.73. The fourth-order valence-corrected chi connectivity index (χ4v) is 1.67. The van der Waals surface area contributed by atoms with Gasteiger partial charge in [0, 0.05) is 11.8 Å². The number of hydrogen-bond donors (Lipinski definition) is 2. The van der Waals surface area contributed by atoms with E-state index < -0.39 is 6.04 Å². The summed E-state index contributed by atoms with van der Waals surface area (Å²) in [5, 5.41) is 3.29. The highest BCUT2D eigenvalue weighted by atomic mass is 35.5. The summed E-state index contributed by atoms with van der Waals surface area (Å²) in [6, 6.07) is 9.36. The van der Waals surface area contributed by atoms with Crippen molar-refractivity contribution in [3.05, 3.63) is 35.9 Å². The van der Waals surface area contributed by atoms with Crippen LogP contribution in [0.2, 0.25) is 0 Å². The highest BCUT2D eigenvalue weighted by Gasteiger charge is 2.14. The minimum Gasteiger partial charge on any atom is -0.354 e. The van der Waals surface area contributed by atoms with Crippen molar-refractivity contribution in [3.8, 4) is 0 Å². The molecule has 1 rings (SSSR count). The third kappa shape index (κ3) is 6.28. The van der Waals surface area contributed by atoms with Crippen molar-refractivity contribution in [1.29, 1.82) is 0 Å². The molecule has 18 heavy (non-hydrogen) atoms. The maximum atomic E-state index is 11.7. The minimum absolute atomic E-state index is 0. The van der Waals surface area contributed by atoms with Gasteiger partial charge in [-0.05, 0) is 18.2 Å². The van der Waals surface area contributed by atoms with Crippen LogP contribution in [-0.2, 0) is 11.2 Å². The number of thioether (sulfide) groups is 1. The molecule has 0 heterocycles. The van der Waals surface area contributed by atoms with Crippen molar-refractivity contribution in [2.45, 2.75) is 24.6 Å². The molecule has 0 aliphatic rings. The second-order valence-electron chi connectivity index (χ2n) is 4.09. The lowest BCUT2D eigenvalue weighted by Crippen LogP contribution is -2.43. The van der Waals surface area contributed by atoms with Crippen molar-refractivity contribution in [3.63, 3.8) is 0 Å². The number of amides is 1. The molecule has 5 heteroatoms. The molecule has 0 spiro atoms. The zero-order chi connectivity index (χ0) is 12.7. The second kappa shape index (κ2) is 9.25. The van der Waals surface area contributed by atoms with Crippen molar-refractivity contribution in [1.82, 2.24) is 5.32 Å². The average Bonchev–Trinajstić information content (AvgIpc) is 2.36. The van der Waals surface area contributed by atoms with Crippen LogP contribution in [0.15, 0.2) is 30.3 Å². The molecule has 1 aromatic rings. The standard InChI is InChI=1S/C13H20N2OS.ClH/c1-10(17-2)9-15-13(16)12(14)8-11-6-4-3-5-7-11;/h3-7,10,12H,8-9,14H2,1-2H3,(H,15,16);1H/t10?,12-;/m0./s1. The topological polar surface area (TPSA) is 55.1 Å². The van der Waals surface area contributed by atoms with Gasteiger partial charge in [-0.1, -0.05) is 37.3 Å². The molecule has 3 N–H and O–H groups in total. The third-order valence-corrected chi connectivity index (χ3v) is 3.57. The highest BCUT2D eigenvalue weighted by molar-refractivity contribution is 7.99. The van der Waals surface area contributed by atoms with Gasteiger partial charge in [0.25, 0.3) is 0 Å². The van der Waals surface area contributed by atoms with Gasteiger partial charge < -0.3 is 11.1 Å². The van der Waals surface area contributed by atoms with Crippen LogP contribution in [0.5, 0.6) is 0 Å². The van der Waals surface area contributed by atoms with E-state index in [1.54, 1.807) is 11.8 Å². The maximum absolute atomic E-state index is 11.7. The molecule has 102 valence electrons. The van der Waals surface area contributed by atoms with Crippen molar-refractivity contribution in [2.24, 2.45) is 5.73 Å². The maximum Gasteiger partial charge on any atom is 0.237 e. The number of carbonyl (C=O) groups excluding carboxylic acids is 1. The van der Waals surface area contributed by atoms with E-state index in [1.807, 2.05) is 36.6 Å². The fourth-order valence-electron chi connectivity index (χ4n) is 1.42. The number of carbonyl (C=O) groups is 1. The molecule has 2 atom stereocenters. The molecule has 1 unspecified atom stereocenters. The zero-order valence-electron chi connectivity index (χ0n) is 10.8. The quantitative estimate of drug-likeness (QED) is 0.840. The predicted molar refractivity (Wildman–Crippen MR) is 81.4 cm³/mol. The molecule has 1 amide bonds. The van der Waals surface area contributed by atoms with E-state index in [1.165, 1.54) is 0 Å². The molecule has 0 aromatic heterocycles. The Morgan fingerprint density at radius 3 is 2.56 bits per heavy atom. The molecule has 0 aliphatic heterocycles. The van der Waals surface area contributed by atoms with Crippen molar-refractivity contribution in [2.75, 3.05) is 12.8 Å². The van der Waals surface area contributed by atoms with Crippen LogP contribution in [0, 0.1) is 0 Å². The summed E-state index contributed by atoms with van der Waals surface area (Å²) < 4.78 is 0. The monoisotopic (exact) mass is 288 g/mol. The third-order valence-electron chi connectivity index (χ3n) is 2.60.